The van der Waals surface area contributed by atoms with E-state index in [9.17, 15) is 9.59 Å². The van der Waals surface area contributed by atoms with Crippen molar-refractivity contribution in [2.24, 2.45) is 0 Å². The van der Waals surface area contributed by atoms with Crippen molar-refractivity contribution in [3.05, 3.63) is 94.8 Å². The highest BCUT2D eigenvalue weighted by atomic mass is 16.2. The number of carbonyl (C=O) groups is 2. The molecule has 1 heterocycles. The topological polar surface area (TPSA) is 94.9 Å². The Morgan fingerprint density at radius 1 is 1.00 bits per heavy atom. The van der Waals surface area contributed by atoms with Crippen LogP contribution in [0.5, 0.6) is 0 Å². The minimum Gasteiger partial charge on any atom is -0.348 e. The first-order chi connectivity index (χ1) is 13.6. The summed E-state index contributed by atoms with van der Waals surface area (Å²) in [6.45, 7) is 2.37. The van der Waals surface area contributed by atoms with Gasteiger partial charge in [0, 0.05) is 24.6 Å². The number of anilines is 1. The first kappa shape index (κ1) is 18.8. The van der Waals surface area contributed by atoms with Crippen LogP contribution >= 0.6 is 0 Å². The summed E-state index contributed by atoms with van der Waals surface area (Å²) in [7, 11) is 0. The highest BCUT2D eigenvalue weighted by Gasteiger charge is 2.12. The summed E-state index contributed by atoms with van der Waals surface area (Å²) in [6.07, 6.45) is 2.81. The molecule has 0 fully saturated rings. The van der Waals surface area contributed by atoms with Gasteiger partial charge in [0.05, 0.1) is 22.8 Å². The van der Waals surface area contributed by atoms with Crippen LogP contribution in [0.3, 0.4) is 0 Å². The Kier molecular flexibility index (Phi) is 5.78. The van der Waals surface area contributed by atoms with Crippen molar-refractivity contribution in [2.75, 3.05) is 5.32 Å². The zero-order chi connectivity index (χ0) is 19.9. The molecule has 138 valence electrons. The molecule has 0 aliphatic rings. The number of aryl methyl sites for hydroxylation is 1. The van der Waals surface area contributed by atoms with E-state index in [4.69, 9.17) is 5.26 Å². The van der Waals surface area contributed by atoms with Crippen LogP contribution in [0.4, 0.5) is 5.69 Å². The summed E-state index contributed by atoms with van der Waals surface area (Å²) in [5.74, 6) is -0.715. The third-order valence-corrected chi connectivity index (χ3v) is 4.21. The van der Waals surface area contributed by atoms with Gasteiger partial charge in [-0.3, -0.25) is 14.6 Å². The zero-order valence-electron chi connectivity index (χ0n) is 15.3. The minimum absolute atomic E-state index is 0.255. The summed E-state index contributed by atoms with van der Waals surface area (Å²) in [4.78, 5) is 28.9. The second-order valence-electron chi connectivity index (χ2n) is 6.22. The lowest BCUT2D eigenvalue weighted by Crippen LogP contribution is -2.24. The molecule has 0 spiro atoms. The van der Waals surface area contributed by atoms with E-state index in [1.54, 1.807) is 24.3 Å². The number of rotatable bonds is 5. The number of pyridine rings is 1. The molecule has 0 saturated heterocycles. The number of hydrogen-bond donors (Lipinski definition) is 2. The van der Waals surface area contributed by atoms with Gasteiger partial charge in [0.25, 0.3) is 11.8 Å². The van der Waals surface area contributed by atoms with Crippen molar-refractivity contribution in [1.82, 2.24) is 10.3 Å². The smallest absolute Gasteiger partial charge is 0.257 e. The summed E-state index contributed by atoms with van der Waals surface area (Å²) >= 11 is 0. The molecule has 0 radical (unpaired) electrons. The molecule has 3 rings (SSSR count). The fourth-order valence-electron chi connectivity index (χ4n) is 2.64. The van der Waals surface area contributed by atoms with Gasteiger partial charge >= 0.3 is 0 Å². The summed E-state index contributed by atoms with van der Waals surface area (Å²) in [5.41, 5.74) is 3.61. The molecule has 6 heteroatoms. The maximum absolute atomic E-state index is 12.4. The second-order valence-corrected chi connectivity index (χ2v) is 6.22. The SMILES string of the molecule is Cc1ccccc1CNC(=O)c1cncc(C(=O)Nc2cccc(C#N)c2)c1. The number of nitrogens with zero attached hydrogens (tertiary/aromatic N) is 2. The Morgan fingerprint density at radius 2 is 1.75 bits per heavy atom. The van der Waals surface area contributed by atoms with Gasteiger partial charge in [0.2, 0.25) is 0 Å². The van der Waals surface area contributed by atoms with E-state index in [2.05, 4.69) is 15.6 Å². The van der Waals surface area contributed by atoms with Crippen LogP contribution in [0.1, 0.15) is 37.4 Å². The molecule has 0 bridgehead atoms. The van der Waals surface area contributed by atoms with Gasteiger partial charge in [-0.2, -0.15) is 5.26 Å². The van der Waals surface area contributed by atoms with E-state index in [-0.39, 0.29) is 11.5 Å². The van der Waals surface area contributed by atoms with E-state index in [0.29, 0.717) is 23.4 Å². The molecule has 2 aromatic carbocycles. The average molecular weight is 370 g/mol. The number of nitrogens with one attached hydrogen (secondary N) is 2. The lowest BCUT2D eigenvalue weighted by molar-refractivity contribution is 0.0950. The van der Waals surface area contributed by atoms with E-state index < -0.39 is 5.91 Å². The largest absolute Gasteiger partial charge is 0.348 e. The number of benzene rings is 2. The third kappa shape index (κ3) is 4.59. The molecule has 0 aliphatic carbocycles. The normalized spacial score (nSPS) is 10.0. The van der Waals surface area contributed by atoms with Crippen molar-refractivity contribution in [3.8, 4) is 6.07 Å². The monoisotopic (exact) mass is 370 g/mol. The highest BCUT2D eigenvalue weighted by molar-refractivity contribution is 6.05. The average Bonchev–Trinajstić information content (AvgIpc) is 2.73. The summed E-state index contributed by atoms with van der Waals surface area (Å²) in [5, 5.41) is 14.5. The molecule has 1 aromatic heterocycles. The van der Waals surface area contributed by atoms with Crippen LogP contribution in [0.25, 0.3) is 0 Å². The van der Waals surface area contributed by atoms with Crippen LogP contribution in [0.2, 0.25) is 0 Å². The number of amides is 2. The van der Waals surface area contributed by atoms with Crippen LogP contribution in [-0.2, 0) is 6.54 Å². The van der Waals surface area contributed by atoms with E-state index >= 15 is 0 Å². The van der Waals surface area contributed by atoms with Crippen LogP contribution in [0.15, 0.2) is 67.0 Å². The van der Waals surface area contributed by atoms with Crippen molar-refractivity contribution >= 4 is 17.5 Å². The highest BCUT2D eigenvalue weighted by Crippen LogP contribution is 2.12. The lowest BCUT2D eigenvalue weighted by Gasteiger charge is -2.09. The van der Waals surface area contributed by atoms with Gasteiger partial charge in [0.15, 0.2) is 0 Å². The molecule has 0 saturated carbocycles. The van der Waals surface area contributed by atoms with Gasteiger partial charge in [-0.25, -0.2) is 0 Å². The first-order valence-electron chi connectivity index (χ1n) is 8.66. The Balaban J connectivity index is 1.69. The number of carbonyl (C=O) groups excluding carboxylic acids is 2. The molecule has 0 unspecified atom stereocenters. The third-order valence-electron chi connectivity index (χ3n) is 4.21. The standard InChI is InChI=1S/C22H18N4O2/c1-15-5-2-3-7-17(15)14-25-21(27)18-10-19(13-24-12-18)22(28)26-20-8-4-6-16(9-20)11-23/h2-10,12-13H,14H2,1H3,(H,25,27)(H,26,28). The quantitative estimate of drug-likeness (QED) is 0.719. The molecular weight excluding hydrogens is 352 g/mol. The van der Waals surface area contributed by atoms with E-state index in [1.165, 1.54) is 18.5 Å². The maximum atomic E-state index is 12.4. The number of aromatic nitrogens is 1. The summed E-state index contributed by atoms with van der Waals surface area (Å²) in [6, 6.07) is 17.9. The van der Waals surface area contributed by atoms with Gasteiger partial charge in [0.1, 0.15) is 0 Å². The molecule has 2 amide bonds. The second kappa shape index (κ2) is 8.60. The molecule has 28 heavy (non-hydrogen) atoms. The fourth-order valence-corrected chi connectivity index (χ4v) is 2.64. The molecule has 3 aromatic rings. The fraction of sp³-hybridized carbons (Fsp3) is 0.0909. The maximum Gasteiger partial charge on any atom is 0.257 e. The van der Waals surface area contributed by atoms with Crippen LogP contribution in [0, 0.1) is 18.3 Å². The Morgan fingerprint density at radius 3 is 2.50 bits per heavy atom. The predicted octanol–water partition coefficient (Wildman–Crippen LogP) is 3.44. The number of nitriles is 1. The van der Waals surface area contributed by atoms with Crippen LogP contribution in [-0.4, -0.2) is 16.8 Å². The lowest BCUT2D eigenvalue weighted by atomic mass is 10.1. The molecule has 6 nitrogen and oxygen atoms in total. The van der Waals surface area contributed by atoms with Crippen molar-refractivity contribution in [1.29, 1.82) is 5.26 Å². The zero-order valence-corrected chi connectivity index (χ0v) is 15.3. The van der Waals surface area contributed by atoms with Crippen molar-refractivity contribution in [2.45, 2.75) is 13.5 Å². The Hall–Kier alpha value is -3.98. The Labute approximate surface area is 162 Å². The van der Waals surface area contributed by atoms with Crippen molar-refractivity contribution < 1.29 is 9.59 Å². The van der Waals surface area contributed by atoms with Crippen LogP contribution < -0.4 is 10.6 Å². The Bertz CT molecular complexity index is 1070. The molecule has 0 atom stereocenters. The van der Waals surface area contributed by atoms with Gasteiger partial charge < -0.3 is 10.6 Å². The van der Waals surface area contributed by atoms with Gasteiger partial charge in [-0.05, 0) is 42.3 Å². The minimum atomic E-state index is -0.406. The van der Waals surface area contributed by atoms with E-state index in [0.717, 1.165) is 11.1 Å². The van der Waals surface area contributed by atoms with E-state index in [1.807, 2.05) is 37.3 Å². The predicted molar refractivity (Wildman–Crippen MR) is 106 cm³/mol. The first-order valence-corrected chi connectivity index (χ1v) is 8.66. The van der Waals surface area contributed by atoms with Gasteiger partial charge in [-0.1, -0.05) is 30.3 Å². The number of hydrogen-bond acceptors (Lipinski definition) is 4. The molecular formula is C22H18N4O2. The van der Waals surface area contributed by atoms with Crippen molar-refractivity contribution in [3.63, 3.8) is 0 Å². The molecule has 2 N–H and O–H groups in total. The summed E-state index contributed by atoms with van der Waals surface area (Å²) < 4.78 is 0. The van der Waals surface area contributed by atoms with Gasteiger partial charge in [-0.15, -0.1) is 0 Å². The molecule has 0 aliphatic heterocycles.